The fourth-order valence-corrected chi connectivity index (χ4v) is 3.34. The maximum absolute atomic E-state index is 13.2. The maximum Gasteiger partial charge on any atom is 0.269 e. The summed E-state index contributed by atoms with van der Waals surface area (Å²) in [7, 11) is 0. The number of carbonyl (C=O) groups excluding carboxylic acids is 1. The van der Waals surface area contributed by atoms with Gasteiger partial charge in [-0.05, 0) is 48.5 Å². The molecule has 0 radical (unpaired) electrons. The molecule has 0 spiro atoms. The summed E-state index contributed by atoms with van der Waals surface area (Å²) in [6.07, 6.45) is 2.67. The standard InChI is InChI=1S/C24H14Cl2N4O3/c25-16-6-5-7-17(13-16)28-22(31)15(14-27)12-18-23(33-20-9-2-1-8-19(20)26)29-21-10-3-4-11-30(21)24(18)32/h1-13H,(H,28,31)/b15-12-. The van der Waals surface area contributed by atoms with Crippen molar-refractivity contribution in [2.75, 3.05) is 5.32 Å². The monoisotopic (exact) mass is 476 g/mol. The number of nitriles is 1. The minimum Gasteiger partial charge on any atom is -0.437 e. The van der Waals surface area contributed by atoms with Crippen molar-refractivity contribution in [3.05, 3.63) is 104 Å². The van der Waals surface area contributed by atoms with Crippen LogP contribution in [0.25, 0.3) is 11.7 Å². The number of para-hydroxylation sites is 1. The van der Waals surface area contributed by atoms with Gasteiger partial charge in [-0.15, -0.1) is 0 Å². The first-order valence-corrected chi connectivity index (χ1v) is 10.3. The summed E-state index contributed by atoms with van der Waals surface area (Å²) in [5, 5.41) is 12.9. The average Bonchev–Trinajstić information content (AvgIpc) is 2.80. The Hall–Kier alpha value is -4.12. The summed E-state index contributed by atoms with van der Waals surface area (Å²) in [5.41, 5.74) is -0.214. The zero-order valence-electron chi connectivity index (χ0n) is 16.8. The first-order chi connectivity index (χ1) is 16.0. The van der Waals surface area contributed by atoms with Crippen LogP contribution in [0, 0.1) is 11.3 Å². The lowest BCUT2D eigenvalue weighted by Gasteiger charge is -2.11. The molecule has 2 heterocycles. The molecule has 0 saturated heterocycles. The second kappa shape index (κ2) is 9.57. The molecule has 2 aromatic carbocycles. The minimum atomic E-state index is -0.721. The molecule has 0 aliphatic rings. The third kappa shape index (κ3) is 4.88. The van der Waals surface area contributed by atoms with E-state index in [1.54, 1.807) is 60.7 Å². The van der Waals surface area contributed by atoms with Crippen LogP contribution in [-0.4, -0.2) is 15.3 Å². The molecular weight excluding hydrogens is 463 g/mol. The van der Waals surface area contributed by atoms with Gasteiger partial charge < -0.3 is 10.1 Å². The summed E-state index contributed by atoms with van der Waals surface area (Å²) in [6.45, 7) is 0. The van der Waals surface area contributed by atoms with E-state index in [9.17, 15) is 14.9 Å². The Labute approximate surface area is 198 Å². The van der Waals surface area contributed by atoms with E-state index in [4.69, 9.17) is 27.9 Å². The number of carbonyl (C=O) groups is 1. The quantitative estimate of drug-likeness (QED) is 0.309. The number of amides is 1. The number of anilines is 1. The lowest BCUT2D eigenvalue weighted by atomic mass is 10.1. The van der Waals surface area contributed by atoms with E-state index in [2.05, 4.69) is 10.3 Å². The predicted octanol–water partition coefficient (Wildman–Crippen LogP) is 5.34. The van der Waals surface area contributed by atoms with Crippen molar-refractivity contribution < 1.29 is 9.53 Å². The third-order valence-corrected chi connectivity index (χ3v) is 5.06. The van der Waals surface area contributed by atoms with Crippen LogP contribution in [0.3, 0.4) is 0 Å². The van der Waals surface area contributed by atoms with Crippen molar-refractivity contribution in [3.8, 4) is 17.7 Å². The molecule has 0 saturated carbocycles. The molecule has 0 bridgehead atoms. The van der Waals surface area contributed by atoms with Crippen molar-refractivity contribution in [1.29, 1.82) is 5.26 Å². The Morgan fingerprint density at radius 3 is 2.64 bits per heavy atom. The summed E-state index contributed by atoms with van der Waals surface area (Å²) in [5.74, 6) is -0.550. The highest BCUT2D eigenvalue weighted by Gasteiger charge is 2.18. The van der Waals surface area contributed by atoms with E-state index in [1.807, 2.05) is 6.07 Å². The molecule has 0 aliphatic heterocycles. The van der Waals surface area contributed by atoms with Crippen LogP contribution in [0.5, 0.6) is 11.6 Å². The van der Waals surface area contributed by atoms with Crippen LogP contribution in [0.2, 0.25) is 10.0 Å². The Morgan fingerprint density at radius 1 is 1.09 bits per heavy atom. The SMILES string of the molecule is N#C/C(=C/c1c(Oc2ccccc2Cl)nc2ccccn2c1=O)C(=O)Nc1cccc(Cl)c1. The molecule has 1 amide bonds. The normalized spacial score (nSPS) is 11.1. The van der Waals surface area contributed by atoms with Gasteiger partial charge in [0.1, 0.15) is 28.6 Å². The number of halogens is 2. The zero-order chi connectivity index (χ0) is 23.4. The molecule has 1 N–H and O–H groups in total. The molecule has 4 aromatic rings. The minimum absolute atomic E-state index is 0.0867. The van der Waals surface area contributed by atoms with E-state index in [0.717, 1.165) is 6.08 Å². The number of nitrogens with zero attached hydrogens (tertiary/aromatic N) is 3. The summed E-state index contributed by atoms with van der Waals surface area (Å²) in [4.78, 5) is 30.3. The van der Waals surface area contributed by atoms with E-state index < -0.39 is 11.5 Å². The highest BCUT2D eigenvalue weighted by atomic mass is 35.5. The Morgan fingerprint density at radius 2 is 1.88 bits per heavy atom. The Kier molecular flexibility index (Phi) is 6.41. The van der Waals surface area contributed by atoms with Gasteiger partial charge in [-0.25, -0.2) is 0 Å². The molecule has 2 aromatic heterocycles. The number of hydrogen-bond donors (Lipinski definition) is 1. The number of ether oxygens (including phenoxy) is 1. The number of rotatable bonds is 5. The molecule has 4 rings (SSSR count). The summed E-state index contributed by atoms with van der Waals surface area (Å²) >= 11 is 12.1. The molecule has 0 unspecified atom stereocenters. The van der Waals surface area contributed by atoms with Crippen LogP contribution in [0.4, 0.5) is 5.69 Å². The fraction of sp³-hybridized carbons (Fsp3) is 0. The van der Waals surface area contributed by atoms with Crippen LogP contribution in [0.1, 0.15) is 5.56 Å². The van der Waals surface area contributed by atoms with Crippen molar-refractivity contribution in [1.82, 2.24) is 9.38 Å². The maximum atomic E-state index is 13.2. The smallest absolute Gasteiger partial charge is 0.269 e. The number of pyridine rings is 1. The average molecular weight is 477 g/mol. The largest absolute Gasteiger partial charge is 0.437 e. The van der Waals surface area contributed by atoms with Gasteiger partial charge in [0.05, 0.1) is 5.02 Å². The van der Waals surface area contributed by atoms with Crippen LogP contribution in [0.15, 0.2) is 83.3 Å². The lowest BCUT2D eigenvalue weighted by Crippen LogP contribution is -2.20. The van der Waals surface area contributed by atoms with Gasteiger partial charge in [0.25, 0.3) is 11.5 Å². The zero-order valence-corrected chi connectivity index (χ0v) is 18.3. The third-order valence-electron chi connectivity index (χ3n) is 4.51. The number of hydrogen-bond acceptors (Lipinski definition) is 5. The molecule has 0 fully saturated rings. The molecule has 9 heteroatoms. The highest BCUT2D eigenvalue weighted by Crippen LogP contribution is 2.30. The summed E-state index contributed by atoms with van der Waals surface area (Å²) < 4.78 is 7.12. The van der Waals surface area contributed by atoms with Crippen molar-refractivity contribution in [2.45, 2.75) is 0 Å². The second-order valence-corrected chi connectivity index (χ2v) is 7.58. The van der Waals surface area contributed by atoms with Crippen LogP contribution >= 0.6 is 23.2 Å². The number of nitrogens with one attached hydrogen (secondary N) is 1. The van der Waals surface area contributed by atoms with Gasteiger partial charge in [0, 0.05) is 16.9 Å². The van der Waals surface area contributed by atoms with Crippen molar-refractivity contribution in [2.24, 2.45) is 0 Å². The fourth-order valence-electron chi connectivity index (χ4n) is 2.97. The predicted molar refractivity (Wildman–Crippen MR) is 127 cm³/mol. The molecule has 33 heavy (non-hydrogen) atoms. The molecule has 162 valence electrons. The van der Waals surface area contributed by atoms with E-state index >= 15 is 0 Å². The van der Waals surface area contributed by atoms with Crippen molar-refractivity contribution >= 4 is 46.5 Å². The van der Waals surface area contributed by atoms with Gasteiger partial charge in [0.15, 0.2) is 0 Å². The topological polar surface area (TPSA) is 96.5 Å². The molecule has 7 nitrogen and oxygen atoms in total. The molecule has 0 aliphatic carbocycles. The Bertz CT molecular complexity index is 1510. The highest BCUT2D eigenvalue weighted by molar-refractivity contribution is 6.32. The molecule has 0 atom stereocenters. The number of fused-ring (bicyclic) bond motifs is 1. The van der Waals surface area contributed by atoms with Gasteiger partial charge in [-0.1, -0.05) is 47.5 Å². The van der Waals surface area contributed by atoms with Gasteiger partial charge in [-0.3, -0.25) is 14.0 Å². The van der Waals surface area contributed by atoms with Crippen molar-refractivity contribution in [3.63, 3.8) is 0 Å². The first-order valence-electron chi connectivity index (χ1n) is 9.59. The van der Waals surface area contributed by atoms with Crippen LogP contribution < -0.4 is 15.6 Å². The van der Waals surface area contributed by atoms with E-state index in [1.165, 1.54) is 16.7 Å². The van der Waals surface area contributed by atoms with Gasteiger partial charge in [0.2, 0.25) is 5.88 Å². The second-order valence-electron chi connectivity index (χ2n) is 6.73. The number of benzene rings is 2. The number of aromatic nitrogens is 2. The van der Waals surface area contributed by atoms with Crippen LogP contribution in [-0.2, 0) is 4.79 Å². The Balaban J connectivity index is 1.82. The molecular formula is C24H14Cl2N4O3. The lowest BCUT2D eigenvalue weighted by molar-refractivity contribution is -0.112. The summed E-state index contributed by atoms with van der Waals surface area (Å²) in [6, 6.07) is 20.0. The van der Waals surface area contributed by atoms with Gasteiger partial charge in [-0.2, -0.15) is 10.2 Å². The van der Waals surface area contributed by atoms with E-state index in [0.29, 0.717) is 21.4 Å². The van der Waals surface area contributed by atoms with E-state index in [-0.39, 0.29) is 22.8 Å². The van der Waals surface area contributed by atoms with Gasteiger partial charge >= 0.3 is 0 Å². The first kappa shape index (κ1) is 22.1.